The number of halogens is 1. The molecule has 0 N–H and O–H groups in total. The number of ether oxygens (including phenoxy) is 3. The monoisotopic (exact) mass is 311 g/mol. The first-order valence-electron chi connectivity index (χ1n) is 7.20. The molecule has 0 atom stereocenters. The molecule has 1 aromatic carbocycles. The van der Waals surface area contributed by atoms with Crippen LogP contribution in [-0.2, 0) is 14.1 Å². The van der Waals surface area contributed by atoms with E-state index in [2.05, 4.69) is 0 Å². The highest BCUT2D eigenvalue weighted by molar-refractivity contribution is 6.47. The SMILES string of the molecule is COCCOc1cc(F)cc([B]OC(C)(C)C(C)(C)OC)c1. The zero-order valence-corrected chi connectivity index (χ0v) is 14.2. The fraction of sp³-hybridized carbons (Fsp3) is 0.625. The van der Waals surface area contributed by atoms with Gasteiger partial charge in [-0.05, 0) is 45.3 Å². The van der Waals surface area contributed by atoms with Gasteiger partial charge in [0.25, 0.3) is 0 Å². The molecular weight excluding hydrogens is 286 g/mol. The van der Waals surface area contributed by atoms with Crippen LogP contribution in [0.3, 0.4) is 0 Å². The van der Waals surface area contributed by atoms with Crippen molar-refractivity contribution < 1.29 is 23.3 Å². The van der Waals surface area contributed by atoms with E-state index < -0.39 is 11.2 Å². The maximum absolute atomic E-state index is 13.6. The van der Waals surface area contributed by atoms with E-state index in [0.29, 0.717) is 24.4 Å². The molecule has 0 aromatic heterocycles. The van der Waals surface area contributed by atoms with Crippen molar-refractivity contribution in [3.8, 4) is 5.75 Å². The van der Waals surface area contributed by atoms with Gasteiger partial charge in [0.05, 0.1) is 17.8 Å². The van der Waals surface area contributed by atoms with Gasteiger partial charge in [-0.2, -0.15) is 0 Å². The topological polar surface area (TPSA) is 36.9 Å². The Balaban J connectivity index is 2.73. The van der Waals surface area contributed by atoms with Gasteiger partial charge in [0.15, 0.2) is 0 Å². The van der Waals surface area contributed by atoms with Crippen LogP contribution in [0, 0.1) is 5.82 Å². The molecule has 0 heterocycles. The van der Waals surface area contributed by atoms with Crippen molar-refractivity contribution in [3.63, 3.8) is 0 Å². The van der Waals surface area contributed by atoms with Gasteiger partial charge in [0.1, 0.15) is 18.2 Å². The van der Waals surface area contributed by atoms with E-state index in [1.54, 1.807) is 20.3 Å². The van der Waals surface area contributed by atoms with Crippen LogP contribution in [-0.4, -0.2) is 46.1 Å². The quantitative estimate of drug-likeness (QED) is 0.518. The summed E-state index contributed by atoms with van der Waals surface area (Å²) >= 11 is 0. The molecule has 1 aromatic rings. The summed E-state index contributed by atoms with van der Waals surface area (Å²) in [5.74, 6) is 0.0595. The largest absolute Gasteiger partial charge is 0.491 e. The second kappa shape index (κ2) is 7.95. The second-order valence-electron chi connectivity index (χ2n) is 6.02. The van der Waals surface area contributed by atoms with Crippen LogP contribution in [0.2, 0.25) is 0 Å². The van der Waals surface area contributed by atoms with Gasteiger partial charge in [0.2, 0.25) is 0 Å². The molecule has 0 unspecified atom stereocenters. The molecule has 1 radical (unpaired) electrons. The number of methoxy groups -OCH3 is 2. The Morgan fingerprint density at radius 2 is 1.68 bits per heavy atom. The average molecular weight is 311 g/mol. The third-order valence-corrected chi connectivity index (χ3v) is 3.90. The molecule has 0 aliphatic heterocycles. The second-order valence-corrected chi connectivity index (χ2v) is 6.02. The maximum Gasteiger partial charge on any atom is 0.331 e. The lowest BCUT2D eigenvalue weighted by Gasteiger charge is -2.40. The lowest BCUT2D eigenvalue weighted by Crippen LogP contribution is -2.50. The van der Waals surface area contributed by atoms with Crippen molar-refractivity contribution in [3.05, 3.63) is 24.0 Å². The number of hydrogen-bond donors (Lipinski definition) is 0. The minimum Gasteiger partial charge on any atom is -0.491 e. The molecule has 0 aliphatic rings. The van der Waals surface area contributed by atoms with Crippen LogP contribution in [0.4, 0.5) is 4.39 Å². The fourth-order valence-electron chi connectivity index (χ4n) is 1.58. The van der Waals surface area contributed by atoms with Crippen molar-refractivity contribution in [1.29, 1.82) is 0 Å². The number of benzene rings is 1. The lowest BCUT2D eigenvalue weighted by atomic mass is 9.82. The van der Waals surface area contributed by atoms with E-state index in [1.165, 1.54) is 19.6 Å². The molecule has 0 aliphatic carbocycles. The van der Waals surface area contributed by atoms with Crippen LogP contribution in [0.5, 0.6) is 5.75 Å². The van der Waals surface area contributed by atoms with Crippen LogP contribution in [0.1, 0.15) is 27.7 Å². The van der Waals surface area contributed by atoms with Crippen LogP contribution in [0.25, 0.3) is 0 Å². The standard InChI is InChI=1S/C16H25BFO4/c1-15(2,20-6)16(3,4)22-17-12-9-13(18)11-14(10-12)21-8-7-19-5/h9-11H,7-8H2,1-6H3. The Kier molecular flexibility index (Phi) is 6.84. The van der Waals surface area contributed by atoms with Gasteiger partial charge in [-0.3, -0.25) is 0 Å². The van der Waals surface area contributed by atoms with Crippen molar-refractivity contribution >= 4 is 12.9 Å². The fourth-order valence-corrected chi connectivity index (χ4v) is 1.58. The molecule has 0 saturated carbocycles. The maximum atomic E-state index is 13.6. The molecule has 4 nitrogen and oxygen atoms in total. The molecule has 0 spiro atoms. The predicted molar refractivity (Wildman–Crippen MR) is 85.4 cm³/mol. The third-order valence-electron chi connectivity index (χ3n) is 3.90. The normalized spacial score (nSPS) is 12.3. The highest BCUT2D eigenvalue weighted by atomic mass is 19.1. The molecule has 123 valence electrons. The Hall–Kier alpha value is -1.11. The molecule has 0 bridgehead atoms. The minimum absolute atomic E-state index is 0.364. The molecule has 22 heavy (non-hydrogen) atoms. The molecule has 0 amide bonds. The van der Waals surface area contributed by atoms with E-state index in [0.717, 1.165) is 0 Å². The van der Waals surface area contributed by atoms with E-state index >= 15 is 0 Å². The third kappa shape index (κ3) is 5.27. The highest BCUT2D eigenvalue weighted by Crippen LogP contribution is 2.27. The number of rotatable bonds is 9. The first-order valence-corrected chi connectivity index (χ1v) is 7.20. The van der Waals surface area contributed by atoms with Crippen molar-refractivity contribution in [2.45, 2.75) is 38.9 Å². The van der Waals surface area contributed by atoms with Gasteiger partial charge in [-0.1, -0.05) is 0 Å². The van der Waals surface area contributed by atoms with Gasteiger partial charge >= 0.3 is 7.48 Å². The van der Waals surface area contributed by atoms with E-state index in [-0.39, 0.29) is 5.82 Å². The molecular formula is C16H25BFO4. The van der Waals surface area contributed by atoms with Gasteiger partial charge < -0.3 is 18.9 Å². The zero-order valence-electron chi connectivity index (χ0n) is 14.2. The average Bonchev–Trinajstić information content (AvgIpc) is 2.45. The molecule has 6 heteroatoms. The Morgan fingerprint density at radius 3 is 2.27 bits per heavy atom. The van der Waals surface area contributed by atoms with Crippen LogP contribution >= 0.6 is 0 Å². The van der Waals surface area contributed by atoms with Crippen LogP contribution in [0.15, 0.2) is 18.2 Å². The molecule has 1 rings (SSSR count). The Labute approximate surface area is 133 Å². The van der Waals surface area contributed by atoms with Crippen molar-refractivity contribution in [2.24, 2.45) is 0 Å². The predicted octanol–water partition coefficient (Wildman–Crippen LogP) is 2.32. The summed E-state index contributed by atoms with van der Waals surface area (Å²) in [7, 11) is 4.74. The van der Waals surface area contributed by atoms with E-state index in [1.807, 2.05) is 27.7 Å². The Morgan fingerprint density at radius 1 is 1.00 bits per heavy atom. The highest BCUT2D eigenvalue weighted by Gasteiger charge is 2.37. The summed E-state index contributed by atoms with van der Waals surface area (Å²) in [4.78, 5) is 0. The van der Waals surface area contributed by atoms with Gasteiger partial charge in [-0.15, -0.1) is 0 Å². The summed E-state index contributed by atoms with van der Waals surface area (Å²) in [6.45, 7) is 8.52. The van der Waals surface area contributed by atoms with Crippen molar-refractivity contribution in [2.75, 3.05) is 27.4 Å². The number of hydrogen-bond acceptors (Lipinski definition) is 4. The molecule has 0 fully saturated rings. The summed E-state index contributed by atoms with van der Waals surface area (Å²) in [5, 5.41) is 0. The minimum atomic E-state index is -0.578. The summed E-state index contributed by atoms with van der Waals surface area (Å²) in [5.41, 5.74) is -0.480. The van der Waals surface area contributed by atoms with E-state index in [9.17, 15) is 4.39 Å². The van der Waals surface area contributed by atoms with Gasteiger partial charge in [-0.25, -0.2) is 4.39 Å². The van der Waals surface area contributed by atoms with E-state index in [4.69, 9.17) is 18.9 Å². The smallest absolute Gasteiger partial charge is 0.331 e. The van der Waals surface area contributed by atoms with Crippen molar-refractivity contribution in [1.82, 2.24) is 0 Å². The van der Waals surface area contributed by atoms with Gasteiger partial charge in [0, 0.05) is 20.3 Å². The lowest BCUT2D eigenvalue weighted by molar-refractivity contribution is -0.114. The van der Waals surface area contributed by atoms with Crippen LogP contribution < -0.4 is 10.2 Å². The summed E-state index contributed by atoms with van der Waals surface area (Å²) in [6, 6.07) is 4.44. The summed E-state index contributed by atoms with van der Waals surface area (Å²) < 4.78 is 35.2. The summed E-state index contributed by atoms with van der Waals surface area (Å²) in [6.07, 6.45) is 0. The first kappa shape index (κ1) is 18.9. The first-order chi connectivity index (χ1) is 10.2. The zero-order chi connectivity index (χ0) is 16.8. The Bertz CT molecular complexity index is 477. The molecule has 0 saturated heterocycles.